The molecule has 5 aromatic rings. The van der Waals surface area contributed by atoms with Gasteiger partial charge in [0.2, 0.25) is 5.91 Å². The molecular formula is C41H44N4O5. The second-order valence-corrected chi connectivity index (χ2v) is 13.7. The van der Waals surface area contributed by atoms with Crippen LogP contribution in [0.4, 0.5) is 0 Å². The molecule has 0 fully saturated rings. The highest BCUT2D eigenvalue weighted by Gasteiger charge is 2.27. The summed E-state index contributed by atoms with van der Waals surface area (Å²) >= 11 is 0. The summed E-state index contributed by atoms with van der Waals surface area (Å²) < 4.78 is 17.5. The zero-order chi connectivity index (χ0) is 35.1. The minimum atomic E-state index is -0.835. The Balaban J connectivity index is 1.25. The number of rotatable bonds is 13. The Bertz CT molecular complexity index is 1940. The molecule has 1 aliphatic heterocycles. The van der Waals surface area contributed by atoms with Crippen LogP contribution in [0.25, 0.3) is 22.2 Å². The van der Waals surface area contributed by atoms with Crippen molar-refractivity contribution in [3.05, 3.63) is 120 Å². The SMILES string of the molecule is CN(C)CC(C)(C)CNC(=O)C(Cc1ccc(OCc2ccccc2)cc1)NC(=O)c1cc(-c2ccc3c(c2)OCCO3)nc2ccccc12. The lowest BCUT2D eigenvalue weighted by molar-refractivity contribution is -0.123. The highest BCUT2D eigenvalue weighted by atomic mass is 16.6. The molecule has 1 aliphatic rings. The maximum absolute atomic E-state index is 14.2. The third-order valence-electron chi connectivity index (χ3n) is 8.52. The minimum Gasteiger partial charge on any atom is -0.489 e. The number of nitrogens with zero attached hydrogens (tertiary/aromatic N) is 2. The largest absolute Gasteiger partial charge is 0.489 e. The number of carbonyl (C=O) groups excluding carboxylic acids is 2. The van der Waals surface area contributed by atoms with Gasteiger partial charge >= 0.3 is 0 Å². The molecule has 2 heterocycles. The number of nitrogens with one attached hydrogen (secondary N) is 2. The lowest BCUT2D eigenvalue weighted by atomic mass is 9.92. The number of amides is 2. The Kier molecular flexibility index (Phi) is 10.6. The summed E-state index contributed by atoms with van der Waals surface area (Å²) in [6, 6.07) is 31.7. The average Bonchev–Trinajstić information content (AvgIpc) is 3.12. The number of carbonyl (C=O) groups is 2. The van der Waals surface area contributed by atoms with Gasteiger partial charge < -0.3 is 29.7 Å². The molecule has 9 nitrogen and oxygen atoms in total. The van der Waals surface area contributed by atoms with Crippen molar-refractivity contribution in [3.63, 3.8) is 0 Å². The van der Waals surface area contributed by atoms with Crippen LogP contribution in [0.3, 0.4) is 0 Å². The number of fused-ring (bicyclic) bond motifs is 2. The van der Waals surface area contributed by atoms with Crippen molar-refractivity contribution < 1.29 is 23.8 Å². The second-order valence-electron chi connectivity index (χ2n) is 13.7. The van der Waals surface area contributed by atoms with E-state index in [1.165, 1.54) is 0 Å². The number of hydrogen-bond donors (Lipinski definition) is 2. The van der Waals surface area contributed by atoms with Crippen molar-refractivity contribution in [1.82, 2.24) is 20.5 Å². The fourth-order valence-electron chi connectivity index (χ4n) is 6.22. The number of benzene rings is 4. The number of hydrogen-bond acceptors (Lipinski definition) is 7. The molecule has 0 bridgehead atoms. The van der Waals surface area contributed by atoms with E-state index < -0.39 is 6.04 Å². The summed E-state index contributed by atoms with van der Waals surface area (Å²) in [6.07, 6.45) is 0.294. The van der Waals surface area contributed by atoms with Crippen molar-refractivity contribution in [1.29, 1.82) is 0 Å². The standard InChI is InChI=1S/C41H44N4O5/c1-41(2,27-45(3)4)26-42-40(47)36(22-28-14-17-31(18-15-28)50-25-29-10-6-5-7-11-29)44-39(46)33-24-35(43-34-13-9-8-12-32(33)34)30-16-19-37-38(23-30)49-21-20-48-37/h5-19,23-24,36H,20-22,25-27H2,1-4H3,(H,42,47)(H,44,46). The van der Waals surface area contributed by atoms with E-state index >= 15 is 0 Å². The van der Waals surface area contributed by atoms with Gasteiger partial charge in [-0.15, -0.1) is 0 Å². The zero-order valence-electron chi connectivity index (χ0n) is 29.1. The molecule has 0 spiro atoms. The summed E-state index contributed by atoms with van der Waals surface area (Å²) in [5, 5.41) is 6.88. The van der Waals surface area contributed by atoms with Crippen LogP contribution in [0, 0.1) is 5.41 Å². The van der Waals surface area contributed by atoms with E-state index in [2.05, 4.69) is 29.4 Å². The first-order valence-corrected chi connectivity index (χ1v) is 16.9. The van der Waals surface area contributed by atoms with Crippen LogP contribution in [0.15, 0.2) is 103 Å². The van der Waals surface area contributed by atoms with Gasteiger partial charge in [0.1, 0.15) is 31.6 Å². The van der Waals surface area contributed by atoms with Crippen LogP contribution in [0.5, 0.6) is 17.2 Å². The molecule has 9 heteroatoms. The van der Waals surface area contributed by atoms with Crippen molar-refractivity contribution in [2.75, 3.05) is 40.4 Å². The molecule has 258 valence electrons. The van der Waals surface area contributed by atoms with Crippen molar-refractivity contribution in [3.8, 4) is 28.5 Å². The van der Waals surface area contributed by atoms with Gasteiger partial charge in [-0.1, -0.05) is 74.5 Å². The maximum atomic E-state index is 14.2. The molecule has 2 N–H and O–H groups in total. The first kappa shape index (κ1) is 34.5. The molecule has 4 aromatic carbocycles. The van der Waals surface area contributed by atoms with Gasteiger partial charge in [-0.2, -0.15) is 0 Å². The molecule has 50 heavy (non-hydrogen) atoms. The van der Waals surface area contributed by atoms with Gasteiger partial charge in [0.25, 0.3) is 5.91 Å². The quantitative estimate of drug-likeness (QED) is 0.152. The van der Waals surface area contributed by atoms with Crippen LogP contribution in [-0.2, 0) is 17.8 Å². The van der Waals surface area contributed by atoms with Gasteiger partial charge in [0.05, 0.1) is 16.8 Å². The molecule has 6 rings (SSSR count). The van der Waals surface area contributed by atoms with Crippen LogP contribution < -0.4 is 24.8 Å². The zero-order valence-corrected chi connectivity index (χ0v) is 29.1. The lowest BCUT2D eigenvalue weighted by Crippen LogP contribution is -2.50. The van der Waals surface area contributed by atoms with E-state index in [1.807, 2.05) is 111 Å². The van der Waals surface area contributed by atoms with Crippen LogP contribution in [0.2, 0.25) is 0 Å². The van der Waals surface area contributed by atoms with E-state index in [0.29, 0.717) is 66.4 Å². The Morgan fingerprint density at radius 1 is 0.860 bits per heavy atom. The van der Waals surface area contributed by atoms with Crippen LogP contribution >= 0.6 is 0 Å². The van der Waals surface area contributed by atoms with E-state index in [4.69, 9.17) is 19.2 Å². The van der Waals surface area contributed by atoms with Crippen LogP contribution in [-0.4, -0.2) is 68.1 Å². The monoisotopic (exact) mass is 672 g/mol. The van der Waals surface area contributed by atoms with E-state index in [9.17, 15) is 9.59 Å². The second kappa shape index (κ2) is 15.4. The summed E-state index contributed by atoms with van der Waals surface area (Å²) in [4.78, 5) is 35.0. The van der Waals surface area contributed by atoms with Crippen molar-refractivity contribution in [2.24, 2.45) is 5.41 Å². The lowest BCUT2D eigenvalue weighted by Gasteiger charge is -2.29. The molecule has 0 radical (unpaired) electrons. The summed E-state index contributed by atoms with van der Waals surface area (Å²) in [5.74, 6) is 1.43. The minimum absolute atomic E-state index is 0.175. The van der Waals surface area contributed by atoms with E-state index in [0.717, 1.165) is 29.0 Å². The molecule has 0 saturated heterocycles. The van der Waals surface area contributed by atoms with E-state index in [1.54, 1.807) is 6.07 Å². The third kappa shape index (κ3) is 8.78. The Morgan fingerprint density at radius 2 is 1.58 bits per heavy atom. The predicted octanol–water partition coefficient (Wildman–Crippen LogP) is 6.30. The maximum Gasteiger partial charge on any atom is 0.252 e. The third-order valence-corrected chi connectivity index (χ3v) is 8.52. The summed E-state index contributed by atoms with van der Waals surface area (Å²) in [7, 11) is 4.02. The van der Waals surface area contributed by atoms with Crippen molar-refractivity contribution in [2.45, 2.75) is 32.9 Å². The Hall–Kier alpha value is -5.41. The first-order valence-electron chi connectivity index (χ1n) is 16.9. The van der Waals surface area contributed by atoms with E-state index in [-0.39, 0.29) is 17.2 Å². The van der Waals surface area contributed by atoms with Crippen molar-refractivity contribution >= 4 is 22.7 Å². The van der Waals surface area contributed by atoms with Gasteiger partial charge in [0.15, 0.2) is 11.5 Å². The summed E-state index contributed by atoms with van der Waals surface area (Å²) in [6.45, 7) is 6.89. The molecule has 2 amide bonds. The number of pyridine rings is 1. The molecular weight excluding hydrogens is 628 g/mol. The Morgan fingerprint density at radius 3 is 2.34 bits per heavy atom. The van der Waals surface area contributed by atoms with Crippen LogP contribution in [0.1, 0.15) is 35.3 Å². The van der Waals surface area contributed by atoms with Gasteiger partial charge in [-0.3, -0.25) is 9.59 Å². The van der Waals surface area contributed by atoms with Gasteiger partial charge in [0, 0.05) is 30.5 Å². The number of ether oxygens (including phenoxy) is 3. The number of para-hydroxylation sites is 1. The normalized spacial score (nSPS) is 13.1. The molecule has 0 aliphatic carbocycles. The highest BCUT2D eigenvalue weighted by Crippen LogP contribution is 2.35. The van der Waals surface area contributed by atoms with Gasteiger partial charge in [-0.25, -0.2) is 4.98 Å². The highest BCUT2D eigenvalue weighted by molar-refractivity contribution is 6.08. The smallest absolute Gasteiger partial charge is 0.252 e. The molecule has 0 saturated carbocycles. The van der Waals surface area contributed by atoms with Gasteiger partial charge in [-0.05, 0) is 73.1 Å². The molecule has 1 aromatic heterocycles. The number of aromatic nitrogens is 1. The predicted molar refractivity (Wildman–Crippen MR) is 196 cm³/mol. The Labute approximate surface area is 293 Å². The fourth-order valence-corrected chi connectivity index (χ4v) is 6.22. The average molecular weight is 673 g/mol. The molecule has 1 atom stereocenters. The first-order chi connectivity index (χ1) is 24.1. The molecule has 1 unspecified atom stereocenters. The topological polar surface area (TPSA) is 102 Å². The summed E-state index contributed by atoms with van der Waals surface area (Å²) in [5.41, 5.74) is 4.30. The fraction of sp³-hybridized carbons (Fsp3) is 0.293.